The monoisotopic (exact) mass is 314 g/mol. The summed E-state index contributed by atoms with van der Waals surface area (Å²) in [7, 11) is 1.55. The van der Waals surface area contributed by atoms with Crippen LogP contribution >= 0.6 is 11.6 Å². The number of rotatable bonds is 7. The zero-order valence-corrected chi connectivity index (χ0v) is 12.8. The Balaban J connectivity index is 2.58. The van der Waals surface area contributed by atoms with Gasteiger partial charge in [0.25, 0.3) is 0 Å². The number of carbonyl (C=O) groups is 2. The molecular weight excluding hydrogens is 296 g/mol. The largest absolute Gasteiger partial charge is 0.493 e. The van der Waals surface area contributed by atoms with Crippen LogP contribution in [0.3, 0.4) is 0 Å². The van der Waals surface area contributed by atoms with Crippen molar-refractivity contribution in [1.82, 2.24) is 10.2 Å². The third kappa shape index (κ3) is 5.91. The summed E-state index contributed by atoms with van der Waals surface area (Å²) in [4.78, 5) is 23.6. The van der Waals surface area contributed by atoms with Crippen molar-refractivity contribution in [3.8, 4) is 5.75 Å². The number of nitrogens with zero attached hydrogens (tertiary/aromatic N) is 1. The number of benzene rings is 1. The highest BCUT2D eigenvalue weighted by Crippen LogP contribution is 2.23. The molecule has 0 spiro atoms. The number of amides is 2. The van der Waals surface area contributed by atoms with Gasteiger partial charge in [0.05, 0.1) is 13.0 Å². The van der Waals surface area contributed by atoms with Crippen LogP contribution in [0.5, 0.6) is 5.75 Å². The van der Waals surface area contributed by atoms with Gasteiger partial charge in [0, 0.05) is 30.7 Å². The second-order valence-electron chi connectivity index (χ2n) is 4.41. The summed E-state index contributed by atoms with van der Waals surface area (Å²) in [5.74, 6) is -0.315. The van der Waals surface area contributed by atoms with Crippen molar-refractivity contribution in [2.24, 2.45) is 0 Å². The predicted molar refractivity (Wildman–Crippen MR) is 79.7 cm³/mol. The Hall–Kier alpha value is -1.95. The summed E-state index contributed by atoms with van der Waals surface area (Å²) in [5.41, 5.74) is 0.807. The Morgan fingerprint density at radius 1 is 1.43 bits per heavy atom. The van der Waals surface area contributed by atoms with Crippen molar-refractivity contribution < 1.29 is 19.4 Å². The molecule has 6 nitrogen and oxygen atoms in total. The van der Waals surface area contributed by atoms with E-state index in [0.717, 1.165) is 5.56 Å². The normalized spacial score (nSPS) is 10.0. The van der Waals surface area contributed by atoms with Crippen molar-refractivity contribution in [2.45, 2.75) is 19.9 Å². The van der Waals surface area contributed by atoms with E-state index < -0.39 is 5.97 Å². The van der Waals surface area contributed by atoms with Gasteiger partial charge in [-0.15, -0.1) is 0 Å². The molecule has 116 valence electrons. The van der Waals surface area contributed by atoms with Gasteiger partial charge in [-0.05, 0) is 19.1 Å². The fraction of sp³-hybridized carbons (Fsp3) is 0.429. The van der Waals surface area contributed by atoms with Gasteiger partial charge in [-0.1, -0.05) is 17.7 Å². The number of halogens is 1. The summed E-state index contributed by atoms with van der Waals surface area (Å²) >= 11 is 5.91. The molecular formula is C14H19ClN2O4. The van der Waals surface area contributed by atoms with Gasteiger partial charge >= 0.3 is 12.0 Å². The van der Waals surface area contributed by atoms with Gasteiger partial charge < -0.3 is 20.1 Å². The van der Waals surface area contributed by atoms with Crippen LogP contribution in [-0.2, 0) is 11.3 Å². The van der Waals surface area contributed by atoms with Crippen LogP contribution in [0.25, 0.3) is 0 Å². The highest BCUT2D eigenvalue weighted by atomic mass is 35.5. The van der Waals surface area contributed by atoms with Gasteiger partial charge in [-0.2, -0.15) is 0 Å². The van der Waals surface area contributed by atoms with Crippen LogP contribution in [0.4, 0.5) is 4.79 Å². The number of carboxylic acid groups (broad SMARTS) is 1. The summed E-state index contributed by atoms with van der Waals surface area (Å²) in [6, 6.07) is 4.86. The molecule has 2 amide bonds. The van der Waals surface area contributed by atoms with Crippen molar-refractivity contribution in [2.75, 3.05) is 20.2 Å². The van der Waals surface area contributed by atoms with E-state index in [1.165, 1.54) is 4.90 Å². The van der Waals surface area contributed by atoms with Gasteiger partial charge in [0.15, 0.2) is 0 Å². The lowest BCUT2D eigenvalue weighted by Gasteiger charge is -2.18. The topological polar surface area (TPSA) is 78.9 Å². The lowest BCUT2D eigenvalue weighted by Crippen LogP contribution is -2.38. The van der Waals surface area contributed by atoms with E-state index in [2.05, 4.69) is 5.32 Å². The number of aliphatic carboxylic acids is 1. The standard InChI is InChI=1S/C14H19ClN2O4/c1-3-21-12-8-11(15)5-4-10(12)9-16-14(20)17(2)7-6-13(18)19/h4-5,8H,3,6-7,9H2,1-2H3,(H,16,20)(H,18,19). The molecule has 0 fully saturated rings. The Morgan fingerprint density at radius 2 is 2.14 bits per heavy atom. The molecule has 0 saturated heterocycles. The number of hydrogen-bond donors (Lipinski definition) is 2. The number of carbonyl (C=O) groups excluding carboxylic acids is 1. The molecule has 0 saturated carbocycles. The first-order valence-corrected chi connectivity index (χ1v) is 6.93. The SMILES string of the molecule is CCOc1cc(Cl)ccc1CNC(=O)N(C)CCC(=O)O. The summed E-state index contributed by atoms with van der Waals surface area (Å²) in [5, 5.41) is 11.9. The number of urea groups is 1. The fourth-order valence-corrected chi connectivity index (χ4v) is 1.80. The van der Waals surface area contributed by atoms with Gasteiger partial charge in [-0.25, -0.2) is 4.79 Å². The van der Waals surface area contributed by atoms with Gasteiger partial charge in [0.1, 0.15) is 5.75 Å². The van der Waals surface area contributed by atoms with Crippen LogP contribution in [0.2, 0.25) is 5.02 Å². The molecule has 1 rings (SSSR count). The highest BCUT2D eigenvalue weighted by Gasteiger charge is 2.11. The molecule has 0 aromatic heterocycles. The van der Waals surface area contributed by atoms with E-state index in [4.69, 9.17) is 21.4 Å². The molecule has 0 aliphatic rings. The van der Waals surface area contributed by atoms with Crippen molar-refractivity contribution >= 4 is 23.6 Å². The quantitative estimate of drug-likeness (QED) is 0.809. The Morgan fingerprint density at radius 3 is 2.76 bits per heavy atom. The van der Waals surface area contributed by atoms with Crippen LogP contribution in [0, 0.1) is 0 Å². The highest BCUT2D eigenvalue weighted by molar-refractivity contribution is 6.30. The molecule has 0 aliphatic heterocycles. The minimum absolute atomic E-state index is 0.0882. The molecule has 0 heterocycles. The lowest BCUT2D eigenvalue weighted by atomic mass is 10.2. The maximum absolute atomic E-state index is 11.8. The van der Waals surface area contributed by atoms with Gasteiger partial charge in [0.2, 0.25) is 0 Å². The number of hydrogen-bond acceptors (Lipinski definition) is 3. The minimum Gasteiger partial charge on any atom is -0.493 e. The molecule has 0 unspecified atom stereocenters. The van der Waals surface area contributed by atoms with Crippen molar-refractivity contribution in [3.05, 3.63) is 28.8 Å². The second-order valence-corrected chi connectivity index (χ2v) is 4.85. The third-order valence-corrected chi connectivity index (χ3v) is 3.00. The van der Waals surface area contributed by atoms with E-state index in [1.807, 2.05) is 6.92 Å². The van der Waals surface area contributed by atoms with Crippen molar-refractivity contribution in [1.29, 1.82) is 0 Å². The first-order valence-electron chi connectivity index (χ1n) is 6.56. The Kier molecular flexibility index (Phi) is 6.81. The first-order chi connectivity index (χ1) is 9.93. The van der Waals surface area contributed by atoms with Crippen LogP contribution in [-0.4, -0.2) is 42.2 Å². The second kappa shape index (κ2) is 8.36. The smallest absolute Gasteiger partial charge is 0.317 e. The van der Waals surface area contributed by atoms with Crippen molar-refractivity contribution in [3.63, 3.8) is 0 Å². The molecule has 2 N–H and O–H groups in total. The number of nitrogens with one attached hydrogen (secondary N) is 1. The van der Waals surface area contributed by atoms with E-state index in [0.29, 0.717) is 17.4 Å². The molecule has 1 aromatic carbocycles. The zero-order valence-electron chi connectivity index (χ0n) is 12.1. The average Bonchev–Trinajstić information content (AvgIpc) is 2.43. The number of ether oxygens (including phenoxy) is 1. The summed E-state index contributed by atoms with van der Waals surface area (Å²) in [6.07, 6.45) is -0.0882. The Labute approximate surface area is 128 Å². The van der Waals surface area contributed by atoms with E-state index in [1.54, 1.807) is 25.2 Å². The first kappa shape index (κ1) is 17.1. The van der Waals surface area contributed by atoms with E-state index in [9.17, 15) is 9.59 Å². The molecule has 0 bridgehead atoms. The lowest BCUT2D eigenvalue weighted by molar-refractivity contribution is -0.137. The summed E-state index contributed by atoms with van der Waals surface area (Å²) in [6.45, 7) is 2.80. The maximum Gasteiger partial charge on any atom is 0.317 e. The molecule has 0 atom stereocenters. The third-order valence-electron chi connectivity index (χ3n) is 2.77. The fourth-order valence-electron chi connectivity index (χ4n) is 1.63. The Bertz CT molecular complexity index is 508. The van der Waals surface area contributed by atoms with E-state index >= 15 is 0 Å². The maximum atomic E-state index is 11.8. The summed E-state index contributed by atoms with van der Waals surface area (Å²) < 4.78 is 5.46. The predicted octanol–water partition coefficient (Wildman–Crippen LogP) is 2.35. The molecule has 0 aliphatic carbocycles. The molecule has 1 aromatic rings. The molecule has 7 heteroatoms. The average molecular weight is 315 g/mol. The van der Waals surface area contributed by atoms with Gasteiger partial charge in [-0.3, -0.25) is 4.79 Å². The number of carboxylic acids is 1. The zero-order chi connectivity index (χ0) is 15.8. The molecule has 21 heavy (non-hydrogen) atoms. The van der Waals surface area contributed by atoms with Crippen LogP contribution < -0.4 is 10.1 Å². The minimum atomic E-state index is -0.939. The van der Waals surface area contributed by atoms with Crippen LogP contribution in [0.1, 0.15) is 18.9 Å². The van der Waals surface area contributed by atoms with Crippen LogP contribution in [0.15, 0.2) is 18.2 Å². The van der Waals surface area contributed by atoms with E-state index in [-0.39, 0.29) is 25.5 Å². The molecule has 0 radical (unpaired) electrons.